The van der Waals surface area contributed by atoms with Crippen molar-refractivity contribution in [1.29, 1.82) is 0 Å². The lowest BCUT2D eigenvalue weighted by Crippen LogP contribution is -2.60. The fourth-order valence-corrected chi connectivity index (χ4v) is 4.27. The second kappa shape index (κ2) is 10.2. The van der Waals surface area contributed by atoms with Crippen molar-refractivity contribution in [3.8, 4) is 11.1 Å². The number of hydrogen-bond donors (Lipinski definition) is 4. The summed E-state index contributed by atoms with van der Waals surface area (Å²) in [6, 6.07) is 14.0. The Morgan fingerprint density at radius 2 is 1.82 bits per heavy atom. The van der Waals surface area contributed by atoms with Gasteiger partial charge >= 0.3 is 12.1 Å². The number of benzene rings is 2. The lowest BCUT2D eigenvalue weighted by atomic mass is 9.93. The van der Waals surface area contributed by atoms with Crippen molar-refractivity contribution < 1.29 is 29.3 Å². The van der Waals surface area contributed by atoms with E-state index in [1.165, 1.54) is 11.1 Å². The molecule has 2 aromatic carbocycles. The molecule has 0 saturated carbocycles. The number of hydrogen-bond acceptors (Lipinski definition) is 7. The van der Waals surface area contributed by atoms with Gasteiger partial charge in [0, 0.05) is 12.2 Å². The fourth-order valence-electron chi connectivity index (χ4n) is 3.93. The summed E-state index contributed by atoms with van der Waals surface area (Å²) in [6.45, 7) is 4.53. The van der Waals surface area contributed by atoms with Crippen LogP contribution in [-0.2, 0) is 27.3 Å². The lowest BCUT2D eigenvalue weighted by molar-refractivity contribution is -0.163. The van der Waals surface area contributed by atoms with Crippen LogP contribution < -0.4 is 5.32 Å². The van der Waals surface area contributed by atoms with Crippen LogP contribution >= 0.6 is 12.6 Å². The number of carbonyl (C=O) groups excluding carboxylic acids is 2. The van der Waals surface area contributed by atoms with Gasteiger partial charge in [-0.2, -0.15) is 12.6 Å². The second-order valence-electron chi connectivity index (χ2n) is 9.26. The summed E-state index contributed by atoms with van der Waals surface area (Å²) in [7, 11) is 0. The summed E-state index contributed by atoms with van der Waals surface area (Å²) in [6.07, 6.45) is -1.60. The average molecular weight is 474 g/mol. The number of aliphatic hydroxyl groups excluding tert-OH is 2. The van der Waals surface area contributed by atoms with Crippen molar-refractivity contribution in [3.63, 3.8) is 0 Å². The first kappa shape index (κ1) is 25.1. The van der Waals surface area contributed by atoms with E-state index in [1.807, 2.05) is 24.3 Å². The number of esters is 1. The Kier molecular flexibility index (Phi) is 7.72. The molecule has 3 N–H and O–H groups in total. The van der Waals surface area contributed by atoms with E-state index in [1.54, 1.807) is 20.8 Å². The maximum Gasteiger partial charge on any atom is 0.408 e. The first-order valence-electron chi connectivity index (χ1n) is 10.9. The predicted octanol–water partition coefficient (Wildman–Crippen LogP) is 3.24. The molecule has 178 valence electrons. The minimum absolute atomic E-state index is 0.0164. The van der Waals surface area contributed by atoms with E-state index >= 15 is 0 Å². The largest absolute Gasteiger partial charge is 0.458 e. The Morgan fingerprint density at radius 3 is 2.48 bits per heavy atom. The predicted molar refractivity (Wildman–Crippen MR) is 128 cm³/mol. The van der Waals surface area contributed by atoms with Gasteiger partial charge in [0.2, 0.25) is 0 Å². The molecule has 7 nitrogen and oxygen atoms in total. The molecule has 0 saturated heterocycles. The monoisotopic (exact) mass is 473 g/mol. The summed E-state index contributed by atoms with van der Waals surface area (Å²) >= 11 is 4.23. The molecule has 1 aliphatic carbocycles. The Hall–Kier alpha value is -2.55. The highest BCUT2D eigenvalue weighted by atomic mass is 32.1. The number of aliphatic hydroxyl groups is 2. The number of ether oxygens (including phenoxy) is 2. The molecule has 8 heteroatoms. The molecular formula is C25H31NO6S. The Morgan fingerprint density at radius 1 is 1.12 bits per heavy atom. The molecule has 0 spiro atoms. The van der Waals surface area contributed by atoms with Gasteiger partial charge in [0.25, 0.3) is 0 Å². The third-order valence-electron chi connectivity index (χ3n) is 5.50. The fraction of sp³-hybridized carbons (Fsp3) is 0.440. The van der Waals surface area contributed by atoms with Crippen molar-refractivity contribution in [1.82, 2.24) is 5.32 Å². The third-order valence-corrected chi connectivity index (χ3v) is 6.04. The maximum atomic E-state index is 12.9. The topological polar surface area (TPSA) is 105 Å². The van der Waals surface area contributed by atoms with Gasteiger partial charge in [-0.05, 0) is 55.0 Å². The Bertz CT molecular complexity index is 1020. The van der Waals surface area contributed by atoms with Crippen LogP contribution in [0.2, 0.25) is 0 Å². The zero-order valence-electron chi connectivity index (χ0n) is 19.1. The van der Waals surface area contributed by atoms with E-state index in [0.717, 1.165) is 23.1 Å². The van der Waals surface area contributed by atoms with Gasteiger partial charge in [-0.25, -0.2) is 9.59 Å². The molecule has 2 aromatic rings. The van der Waals surface area contributed by atoms with Crippen molar-refractivity contribution in [3.05, 3.63) is 59.2 Å². The molecule has 0 heterocycles. The highest BCUT2D eigenvalue weighted by Gasteiger charge is 2.44. The minimum atomic E-state index is -1.66. The highest BCUT2D eigenvalue weighted by Crippen LogP contribution is 2.38. The molecule has 3 rings (SSSR count). The average Bonchev–Trinajstić information content (AvgIpc) is 3.15. The van der Waals surface area contributed by atoms with Crippen LogP contribution in [0.15, 0.2) is 42.5 Å². The van der Waals surface area contributed by atoms with Crippen LogP contribution in [-0.4, -0.2) is 51.9 Å². The molecule has 0 aliphatic heterocycles. The number of fused-ring (bicyclic) bond motifs is 3. The van der Waals surface area contributed by atoms with Crippen LogP contribution in [0.1, 0.15) is 43.9 Å². The Labute approximate surface area is 199 Å². The molecule has 1 aliphatic rings. The molecule has 0 aromatic heterocycles. The first-order chi connectivity index (χ1) is 15.6. The number of alkyl carbamates (subject to hydrolysis) is 1. The van der Waals surface area contributed by atoms with E-state index in [2.05, 4.69) is 36.1 Å². The summed E-state index contributed by atoms with van der Waals surface area (Å²) in [5, 5.41) is 21.8. The quantitative estimate of drug-likeness (QED) is 0.296. The number of amides is 1. The second-order valence-corrected chi connectivity index (χ2v) is 9.58. The number of nitrogens with one attached hydrogen (secondary N) is 1. The summed E-state index contributed by atoms with van der Waals surface area (Å²) < 4.78 is 10.9. The van der Waals surface area contributed by atoms with Gasteiger partial charge < -0.3 is 25.0 Å². The summed E-state index contributed by atoms with van der Waals surface area (Å²) in [4.78, 5) is 25.6. The standard InChI is InChI=1S/C25H31NO6S/c1-24(2,3)32-22(29)25(15-33,12-18(28)13-27)26-23(30)31-14-17-8-6-10-20-19-9-5-4-7-16(19)11-21(17)20/h4-10,18,27-28,33H,11-15H2,1-3H3,(H,26,30)/t18?,25-/m0/s1. The van der Waals surface area contributed by atoms with Crippen molar-refractivity contribution in [2.75, 3.05) is 12.4 Å². The van der Waals surface area contributed by atoms with Crippen LogP contribution in [0, 0.1) is 0 Å². The number of carbonyl (C=O) groups is 2. The van der Waals surface area contributed by atoms with E-state index < -0.39 is 35.9 Å². The first-order valence-corrected chi connectivity index (χ1v) is 11.5. The number of rotatable bonds is 8. The van der Waals surface area contributed by atoms with Gasteiger partial charge in [-0.3, -0.25) is 0 Å². The van der Waals surface area contributed by atoms with Gasteiger partial charge in [0.1, 0.15) is 12.2 Å². The smallest absolute Gasteiger partial charge is 0.408 e. The molecular weight excluding hydrogens is 442 g/mol. The van der Waals surface area contributed by atoms with E-state index in [-0.39, 0.29) is 18.8 Å². The minimum Gasteiger partial charge on any atom is -0.458 e. The van der Waals surface area contributed by atoms with Crippen molar-refractivity contribution in [2.45, 2.75) is 57.5 Å². The van der Waals surface area contributed by atoms with Crippen LogP contribution in [0.4, 0.5) is 4.79 Å². The molecule has 1 unspecified atom stereocenters. The Balaban J connectivity index is 1.74. The number of thiol groups is 1. The zero-order valence-corrected chi connectivity index (χ0v) is 20.0. The lowest BCUT2D eigenvalue weighted by Gasteiger charge is -2.34. The van der Waals surface area contributed by atoms with Gasteiger partial charge in [-0.1, -0.05) is 42.5 Å². The normalized spacial score (nSPS) is 15.1. The van der Waals surface area contributed by atoms with Crippen LogP contribution in [0.5, 0.6) is 0 Å². The summed E-state index contributed by atoms with van der Waals surface area (Å²) in [5.41, 5.74) is 3.03. The van der Waals surface area contributed by atoms with Gasteiger partial charge in [-0.15, -0.1) is 0 Å². The van der Waals surface area contributed by atoms with Crippen molar-refractivity contribution >= 4 is 24.7 Å². The molecule has 0 radical (unpaired) electrons. The molecule has 33 heavy (non-hydrogen) atoms. The maximum absolute atomic E-state index is 12.9. The van der Waals surface area contributed by atoms with E-state index in [4.69, 9.17) is 9.47 Å². The van der Waals surface area contributed by atoms with E-state index in [0.29, 0.717) is 0 Å². The molecule has 0 bridgehead atoms. The van der Waals surface area contributed by atoms with Gasteiger partial charge in [0.05, 0.1) is 12.7 Å². The van der Waals surface area contributed by atoms with Crippen LogP contribution in [0.3, 0.4) is 0 Å². The van der Waals surface area contributed by atoms with Crippen LogP contribution in [0.25, 0.3) is 11.1 Å². The zero-order chi connectivity index (χ0) is 24.2. The third kappa shape index (κ3) is 5.88. The molecule has 1 amide bonds. The molecule has 0 fully saturated rings. The van der Waals surface area contributed by atoms with Gasteiger partial charge in [0.15, 0.2) is 5.54 Å². The van der Waals surface area contributed by atoms with Crippen molar-refractivity contribution in [2.24, 2.45) is 0 Å². The SMILES string of the molecule is CC(C)(C)OC(=O)[C@@](CS)(CC(O)CO)NC(=O)OCc1cccc2c1Cc1ccccc1-2. The molecule has 2 atom stereocenters. The highest BCUT2D eigenvalue weighted by molar-refractivity contribution is 7.80. The van der Waals surface area contributed by atoms with E-state index in [9.17, 15) is 19.8 Å². The summed E-state index contributed by atoms with van der Waals surface area (Å²) in [5.74, 6) is -0.907.